The summed E-state index contributed by atoms with van der Waals surface area (Å²) < 4.78 is 13.1. The van der Waals surface area contributed by atoms with Crippen molar-refractivity contribution in [3.05, 3.63) is 35.6 Å². The number of hydrogen-bond donors (Lipinski definition) is 3. The van der Waals surface area contributed by atoms with Crippen LogP contribution in [0.25, 0.3) is 0 Å². The summed E-state index contributed by atoms with van der Waals surface area (Å²) in [5.74, 6) is -0.547. The van der Waals surface area contributed by atoms with Gasteiger partial charge in [0.2, 0.25) is 5.91 Å². The van der Waals surface area contributed by atoms with Crippen molar-refractivity contribution < 1.29 is 9.18 Å². The van der Waals surface area contributed by atoms with Gasteiger partial charge in [-0.3, -0.25) is 10.2 Å². The van der Waals surface area contributed by atoms with E-state index in [1.165, 1.54) is 6.07 Å². The first-order valence-electron chi connectivity index (χ1n) is 4.56. The van der Waals surface area contributed by atoms with Gasteiger partial charge in [-0.1, -0.05) is 30.0 Å². The molecule has 16 heavy (non-hydrogen) atoms. The van der Waals surface area contributed by atoms with E-state index in [9.17, 15) is 9.18 Å². The predicted octanol–water partition coefficient (Wildman–Crippen LogP) is 1.07. The molecule has 0 saturated heterocycles. The van der Waals surface area contributed by atoms with Crippen LogP contribution in [0, 0.1) is 11.2 Å². The molecule has 86 valence electrons. The number of thioether (sulfide) groups is 1. The molecule has 0 saturated carbocycles. The van der Waals surface area contributed by atoms with E-state index in [1.54, 1.807) is 18.2 Å². The zero-order valence-electron chi connectivity index (χ0n) is 8.50. The van der Waals surface area contributed by atoms with Crippen LogP contribution in [0.1, 0.15) is 5.56 Å². The van der Waals surface area contributed by atoms with E-state index in [0.717, 1.165) is 11.8 Å². The van der Waals surface area contributed by atoms with Crippen LogP contribution in [0.5, 0.6) is 0 Å². The Morgan fingerprint density at radius 2 is 2.19 bits per heavy atom. The van der Waals surface area contributed by atoms with Gasteiger partial charge in [0.1, 0.15) is 5.82 Å². The van der Waals surface area contributed by atoms with Gasteiger partial charge in [-0.2, -0.15) is 0 Å². The van der Waals surface area contributed by atoms with Crippen LogP contribution in [0.15, 0.2) is 24.3 Å². The topological polar surface area (TPSA) is 79.0 Å². The van der Waals surface area contributed by atoms with Crippen molar-refractivity contribution in [1.29, 1.82) is 5.41 Å². The smallest absolute Gasteiger partial charge is 0.230 e. The van der Waals surface area contributed by atoms with Gasteiger partial charge in [-0.05, 0) is 6.07 Å². The highest BCUT2D eigenvalue weighted by Crippen LogP contribution is 2.05. The maximum Gasteiger partial charge on any atom is 0.230 e. The molecule has 4 nitrogen and oxygen atoms in total. The summed E-state index contributed by atoms with van der Waals surface area (Å²) in [6.07, 6.45) is 0. The lowest BCUT2D eigenvalue weighted by molar-refractivity contribution is -0.118. The minimum absolute atomic E-state index is 0.0732. The van der Waals surface area contributed by atoms with E-state index < -0.39 is 0 Å². The van der Waals surface area contributed by atoms with Gasteiger partial charge in [0.15, 0.2) is 5.17 Å². The Morgan fingerprint density at radius 3 is 2.81 bits per heavy atom. The van der Waals surface area contributed by atoms with Gasteiger partial charge in [-0.15, -0.1) is 0 Å². The first-order chi connectivity index (χ1) is 7.59. The van der Waals surface area contributed by atoms with Crippen LogP contribution >= 0.6 is 11.8 Å². The van der Waals surface area contributed by atoms with E-state index in [2.05, 4.69) is 5.32 Å². The van der Waals surface area contributed by atoms with Gasteiger partial charge >= 0.3 is 0 Å². The number of rotatable bonds is 4. The van der Waals surface area contributed by atoms with Crippen molar-refractivity contribution in [2.24, 2.45) is 5.73 Å². The molecule has 0 fully saturated rings. The van der Waals surface area contributed by atoms with Crippen molar-refractivity contribution in [1.82, 2.24) is 5.32 Å². The second kappa shape index (κ2) is 6.12. The Balaban J connectivity index is 2.37. The molecule has 0 unspecified atom stereocenters. The highest BCUT2D eigenvalue weighted by molar-refractivity contribution is 8.14. The van der Waals surface area contributed by atoms with Gasteiger partial charge < -0.3 is 11.1 Å². The van der Waals surface area contributed by atoms with Gasteiger partial charge in [0.05, 0.1) is 5.75 Å². The van der Waals surface area contributed by atoms with Crippen molar-refractivity contribution >= 4 is 22.8 Å². The summed E-state index contributed by atoms with van der Waals surface area (Å²) in [5.41, 5.74) is 5.51. The van der Waals surface area contributed by atoms with Crippen LogP contribution in [0.4, 0.5) is 4.39 Å². The summed E-state index contributed by atoms with van der Waals surface area (Å²) in [5, 5.41) is 9.35. The first kappa shape index (κ1) is 12.5. The van der Waals surface area contributed by atoms with E-state index in [4.69, 9.17) is 11.1 Å². The average Bonchev–Trinajstić information content (AvgIpc) is 2.25. The van der Waals surface area contributed by atoms with Crippen LogP contribution in [0.2, 0.25) is 0 Å². The molecule has 0 radical (unpaired) electrons. The number of nitrogens with two attached hydrogens (primary N) is 1. The number of nitrogens with one attached hydrogen (secondary N) is 2. The molecule has 1 amide bonds. The minimum atomic E-state index is -0.345. The summed E-state index contributed by atoms with van der Waals surface area (Å²) in [7, 11) is 0. The fourth-order valence-electron chi connectivity index (χ4n) is 1.03. The highest BCUT2D eigenvalue weighted by Gasteiger charge is 2.05. The highest BCUT2D eigenvalue weighted by atomic mass is 32.2. The number of hydrogen-bond acceptors (Lipinski definition) is 3. The van der Waals surface area contributed by atoms with Crippen LogP contribution in [0.3, 0.4) is 0 Å². The Morgan fingerprint density at radius 1 is 1.50 bits per heavy atom. The lowest BCUT2D eigenvalue weighted by atomic mass is 10.2. The van der Waals surface area contributed by atoms with E-state index >= 15 is 0 Å². The standard InChI is InChI=1S/C10H12FN3OS/c11-8-4-2-1-3-7(8)5-14-9(15)6-16-10(12)13/h1-4H,5-6H2,(H3,12,13)(H,14,15). The Labute approximate surface area is 96.9 Å². The zero-order valence-corrected chi connectivity index (χ0v) is 9.31. The summed E-state index contributed by atoms with van der Waals surface area (Å²) in [6.45, 7) is 0.143. The largest absolute Gasteiger partial charge is 0.379 e. The normalized spacial score (nSPS) is 9.81. The van der Waals surface area contributed by atoms with Gasteiger partial charge in [0, 0.05) is 12.1 Å². The van der Waals surface area contributed by atoms with Crippen LogP contribution < -0.4 is 11.1 Å². The average molecular weight is 241 g/mol. The lowest BCUT2D eigenvalue weighted by Gasteiger charge is -2.05. The third kappa shape index (κ3) is 4.31. The molecule has 0 spiro atoms. The summed E-state index contributed by atoms with van der Waals surface area (Å²) in [4.78, 5) is 11.2. The second-order valence-corrected chi connectivity index (χ2v) is 4.04. The molecule has 1 aromatic carbocycles. The number of halogens is 1. The number of amides is 1. The molecule has 0 heterocycles. The van der Waals surface area contributed by atoms with Crippen LogP contribution in [-0.2, 0) is 11.3 Å². The third-order valence-corrected chi connectivity index (χ3v) is 2.51. The molecule has 0 atom stereocenters. The molecule has 0 aromatic heterocycles. The lowest BCUT2D eigenvalue weighted by Crippen LogP contribution is -2.26. The van der Waals surface area contributed by atoms with E-state index in [0.29, 0.717) is 5.56 Å². The molecule has 0 aliphatic carbocycles. The molecule has 0 bridgehead atoms. The Hall–Kier alpha value is -1.56. The SMILES string of the molecule is N=C(N)SCC(=O)NCc1ccccc1F. The first-order valence-corrected chi connectivity index (χ1v) is 5.55. The zero-order chi connectivity index (χ0) is 12.0. The predicted molar refractivity (Wildman–Crippen MR) is 62.6 cm³/mol. The maximum absolute atomic E-state index is 13.1. The quantitative estimate of drug-likeness (QED) is 0.545. The van der Waals surface area contributed by atoms with Crippen molar-refractivity contribution in [2.75, 3.05) is 5.75 Å². The number of benzene rings is 1. The molecular weight excluding hydrogens is 229 g/mol. The molecule has 6 heteroatoms. The van der Waals surface area contributed by atoms with Crippen molar-refractivity contribution in [2.45, 2.75) is 6.54 Å². The van der Waals surface area contributed by atoms with Gasteiger partial charge in [0.25, 0.3) is 0 Å². The monoisotopic (exact) mass is 241 g/mol. The molecule has 1 rings (SSSR count). The molecule has 0 aliphatic heterocycles. The molecule has 1 aromatic rings. The summed E-state index contributed by atoms with van der Waals surface area (Å²) >= 11 is 0.934. The Bertz CT molecular complexity index is 397. The van der Waals surface area contributed by atoms with Crippen molar-refractivity contribution in [3.8, 4) is 0 Å². The van der Waals surface area contributed by atoms with Crippen molar-refractivity contribution in [3.63, 3.8) is 0 Å². The Kier molecular flexibility index (Phi) is 4.78. The fourth-order valence-corrected chi connectivity index (χ4v) is 1.42. The minimum Gasteiger partial charge on any atom is -0.379 e. The molecule has 4 N–H and O–H groups in total. The van der Waals surface area contributed by atoms with Crippen LogP contribution in [-0.4, -0.2) is 16.8 Å². The third-order valence-electron chi connectivity index (χ3n) is 1.79. The van der Waals surface area contributed by atoms with E-state index in [-0.39, 0.29) is 29.2 Å². The fraction of sp³-hybridized carbons (Fsp3) is 0.200. The molecule has 0 aliphatic rings. The number of carbonyl (C=O) groups excluding carboxylic acids is 1. The van der Waals surface area contributed by atoms with Gasteiger partial charge in [-0.25, -0.2) is 4.39 Å². The molecular formula is C10H12FN3OS. The maximum atomic E-state index is 13.1. The number of carbonyl (C=O) groups is 1. The number of amidine groups is 1. The summed E-state index contributed by atoms with van der Waals surface area (Å²) in [6, 6.07) is 6.24. The van der Waals surface area contributed by atoms with E-state index in [1.807, 2.05) is 0 Å². The second-order valence-electron chi connectivity index (χ2n) is 3.02.